The van der Waals surface area contributed by atoms with Crippen LogP contribution in [0.5, 0.6) is 5.75 Å². The fraction of sp³-hybridized carbons (Fsp3) is 0.263. The summed E-state index contributed by atoms with van der Waals surface area (Å²) in [4.78, 5) is 25.8. The first-order valence-electron chi connectivity index (χ1n) is 8.16. The number of hydrogen-bond donors (Lipinski definition) is 1. The number of benzene rings is 2. The lowest BCUT2D eigenvalue weighted by molar-refractivity contribution is -0.122. The summed E-state index contributed by atoms with van der Waals surface area (Å²) in [6.45, 7) is 2.31. The zero-order valence-corrected chi connectivity index (χ0v) is 13.9. The van der Waals surface area contributed by atoms with E-state index >= 15 is 0 Å². The van der Waals surface area contributed by atoms with E-state index in [-0.39, 0.29) is 17.6 Å². The normalized spacial score (nSPS) is 15.1. The third-order valence-corrected chi connectivity index (χ3v) is 3.99. The van der Waals surface area contributed by atoms with Gasteiger partial charge >= 0.3 is 0 Å². The van der Waals surface area contributed by atoms with Gasteiger partial charge in [-0.05, 0) is 55.8 Å². The molecule has 5 nitrogen and oxygen atoms in total. The third kappa shape index (κ3) is 4.15. The fourth-order valence-electron chi connectivity index (χ4n) is 2.69. The molecule has 1 aliphatic heterocycles. The van der Waals surface area contributed by atoms with Gasteiger partial charge in [0.05, 0.1) is 0 Å². The summed E-state index contributed by atoms with van der Waals surface area (Å²) < 4.78 is 18.4. The Morgan fingerprint density at radius 2 is 2.00 bits per heavy atom. The number of amides is 2. The molecule has 0 aromatic heterocycles. The smallest absolute Gasteiger partial charge is 0.265 e. The molecule has 1 saturated heterocycles. The Kier molecular flexibility index (Phi) is 4.97. The van der Waals surface area contributed by atoms with Crippen LogP contribution in [0.4, 0.5) is 15.8 Å². The number of nitrogens with zero attached hydrogens (tertiary/aromatic N) is 1. The fourth-order valence-corrected chi connectivity index (χ4v) is 2.69. The second-order valence-electron chi connectivity index (χ2n) is 5.90. The summed E-state index contributed by atoms with van der Waals surface area (Å²) in [5, 5.41) is 2.78. The van der Waals surface area contributed by atoms with E-state index in [0.717, 1.165) is 12.1 Å². The number of nitrogens with one attached hydrogen (secondary N) is 1. The molecule has 3 rings (SSSR count). The van der Waals surface area contributed by atoms with Crippen LogP contribution in [0.1, 0.15) is 19.8 Å². The Labute approximate surface area is 145 Å². The third-order valence-electron chi connectivity index (χ3n) is 3.99. The van der Waals surface area contributed by atoms with Crippen LogP contribution >= 0.6 is 0 Å². The molecule has 25 heavy (non-hydrogen) atoms. The molecule has 0 spiro atoms. The Morgan fingerprint density at radius 3 is 2.68 bits per heavy atom. The molecule has 0 unspecified atom stereocenters. The van der Waals surface area contributed by atoms with Crippen molar-refractivity contribution in [3.63, 3.8) is 0 Å². The topological polar surface area (TPSA) is 58.6 Å². The highest BCUT2D eigenvalue weighted by atomic mass is 19.1. The predicted molar refractivity (Wildman–Crippen MR) is 93.1 cm³/mol. The molecule has 0 radical (unpaired) electrons. The molecule has 2 aromatic carbocycles. The van der Waals surface area contributed by atoms with Crippen LogP contribution in [-0.2, 0) is 9.59 Å². The number of ether oxygens (including phenoxy) is 1. The maximum absolute atomic E-state index is 12.9. The molecule has 1 atom stereocenters. The highest BCUT2D eigenvalue weighted by Crippen LogP contribution is 2.24. The van der Waals surface area contributed by atoms with E-state index in [4.69, 9.17) is 4.74 Å². The van der Waals surface area contributed by atoms with Crippen molar-refractivity contribution in [1.82, 2.24) is 0 Å². The second kappa shape index (κ2) is 7.34. The van der Waals surface area contributed by atoms with Gasteiger partial charge in [-0.3, -0.25) is 9.59 Å². The maximum atomic E-state index is 12.9. The van der Waals surface area contributed by atoms with Crippen molar-refractivity contribution in [3.05, 3.63) is 54.3 Å². The molecule has 130 valence electrons. The Hall–Kier alpha value is -2.89. The van der Waals surface area contributed by atoms with Crippen molar-refractivity contribution in [2.75, 3.05) is 16.8 Å². The molecule has 2 aromatic rings. The molecule has 0 bridgehead atoms. The molecule has 1 heterocycles. The average Bonchev–Trinajstić information content (AvgIpc) is 3.03. The van der Waals surface area contributed by atoms with Gasteiger partial charge in [0.1, 0.15) is 11.6 Å². The summed E-state index contributed by atoms with van der Waals surface area (Å²) >= 11 is 0. The van der Waals surface area contributed by atoms with Gasteiger partial charge in [0.25, 0.3) is 5.91 Å². The minimum atomic E-state index is -0.748. The predicted octanol–water partition coefficient (Wildman–Crippen LogP) is 3.36. The summed E-state index contributed by atoms with van der Waals surface area (Å²) in [5.41, 5.74) is 1.36. The number of hydrogen-bond acceptors (Lipinski definition) is 3. The summed E-state index contributed by atoms with van der Waals surface area (Å²) in [6, 6.07) is 12.7. The molecule has 1 N–H and O–H groups in total. The largest absolute Gasteiger partial charge is 0.481 e. The van der Waals surface area contributed by atoms with Gasteiger partial charge in [0.15, 0.2) is 6.10 Å². The van der Waals surface area contributed by atoms with E-state index in [1.165, 1.54) is 24.3 Å². The van der Waals surface area contributed by atoms with Crippen molar-refractivity contribution < 1.29 is 18.7 Å². The molecular formula is C19H19FN2O3. The summed E-state index contributed by atoms with van der Waals surface area (Å²) in [5.74, 6) is -0.177. The first-order valence-corrected chi connectivity index (χ1v) is 8.16. The maximum Gasteiger partial charge on any atom is 0.265 e. The monoisotopic (exact) mass is 342 g/mol. The van der Waals surface area contributed by atoms with Crippen LogP contribution in [-0.4, -0.2) is 24.5 Å². The molecule has 1 fully saturated rings. The van der Waals surface area contributed by atoms with Crippen LogP contribution < -0.4 is 15.0 Å². The van der Waals surface area contributed by atoms with Crippen LogP contribution in [0.2, 0.25) is 0 Å². The highest BCUT2D eigenvalue weighted by molar-refractivity contribution is 5.97. The zero-order valence-electron chi connectivity index (χ0n) is 13.9. The minimum absolute atomic E-state index is 0.0940. The summed E-state index contributed by atoms with van der Waals surface area (Å²) in [7, 11) is 0. The lowest BCUT2D eigenvalue weighted by Crippen LogP contribution is -2.30. The highest BCUT2D eigenvalue weighted by Gasteiger charge is 2.22. The zero-order chi connectivity index (χ0) is 17.8. The lowest BCUT2D eigenvalue weighted by Gasteiger charge is -2.18. The van der Waals surface area contributed by atoms with Gasteiger partial charge in [-0.25, -0.2) is 4.39 Å². The molecule has 0 saturated carbocycles. The van der Waals surface area contributed by atoms with Gasteiger partial charge in [-0.15, -0.1) is 0 Å². The minimum Gasteiger partial charge on any atom is -0.481 e. The molecule has 6 heteroatoms. The number of carbonyl (C=O) groups is 2. The lowest BCUT2D eigenvalue weighted by atomic mass is 10.2. The van der Waals surface area contributed by atoms with E-state index in [2.05, 4.69) is 5.32 Å². The van der Waals surface area contributed by atoms with Crippen molar-refractivity contribution in [3.8, 4) is 5.75 Å². The van der Waals surface area contributed by atoms with Gasteiger partial charge in [-0.1, -0.05) is 6.07 Å². The van der Waals surface area contributed by atoms with Gasteiger partial charge < -0.3 is 15.0 Å². The van der Waals surface area contributed by atoms with Gasteiger partial charge in [0.2, 0.25) is 5.91 Å². The second-order valence-corrected chi connectivity index (χ2v) is 5.90. The number of anilines is 2. The van der Waals surface area contributed by atoms with Gasteiger partial charge in [-0.2, -0.15) is 0 Å². The Balaban J connectivity index is 1.64. The van der Waals surface area contributed by atoms with Crippen molar-refractivity contribution >= 4 is 23.2 Å². The Morgan fingerprint density at radius 1 is 1.24 bits per heavy atom. The average molecular weight is 342 g/mol. The van der Waals surface area contributed by atoms with Crippen molar-refractivity contribution in [2.24, 2.45) is 0 Å². The first-order chi connectivity index (χ1) is 12.0. The van der Waals surface area contributed by atoms with E-state index < -0.39 is 6.10 Å². The molecular weight excluding hydrogens is 323 g/mol. The van der Waals surface area contributed by atoms with Crippen molar-refractivity contribution in [1.29, 1.82) is 0 Å². The molecule has 1 aliphatic rings. The number of halogens is 1. The van der Waals surface area contributed by atoms with Crippen molar-refractivity contribution in [2.45, 2.75) is 25.9 Å². The summed E-state index contributed by atoms with van der Waals surface area (Å²) in [6.07, 6.45) is 0.652. The van der Waals surface area contributed by atoms with Crippen LogP contribution in [0.3, 0.4) is 0 Å². The van der Waals surface area contributed by atoms with Crippen LogP contribution in [0.25, 0.3) is 0 Å². The van der Waals surface area contributed by atoms with Crippen LogP contribution in [0, 0.1) is 5.82 Å². The van der Waals surface area contributed by atoms with E-state index in [0.29, 0.717) is 24.4 Å². The number of rotatable bonds is 5. The van der Waals surface area contributed by atoms with E-state index in [1.54, 1.807) is 30.0 Å². The van der Waals surface area contributed by atoms with E-state index in [9.17, 15) is 14.0 Å². The standard InChI is InChI=1S/C19H19FN2O3/c1-13(25-17-9-7-14(20)8-10-17)19(24)21-15-4-2-5-16(12-15)22-11-3-6-18(22)23/h2,4-5,7-10,12-13H,3,6,11H2,1H3,(H,21,24)/t13-/m0/s1. The molecule has 0 aliphatic carbocycles. The SMILES string of the molecule is C[C@H](Oc1ccc(F)cc1)C(=O)Nc1cccc(N2CCCC2=O)c1. The molecule has 2 amide bonds. The van der Waals surface area contributed by atoms with Crippen LogP contribution in [0.15, 0.2) is 48.5 Å². The van der Waals surface area contributed by atoms with E-state index in [1.807, 2.05) is 6.07 Å². The number of carbonyl (C=O) groups excluding carboxylic acids is 2. The van der Waals surface area contributed by atoms with Gasteiger partial charge in [0, 0.05) is 24.3 Å². The first kappa shape index (κ1) is 17.0. The Bertz CT molecular complexity index is 776. The quantitative estimate of drug-likeness (QED) is 0.906.